The summed E-state index contributed by atoms with van der Waals surface area (Å²) in [5.74, 6) is 0. The molecule has 2 unspecified atom stereocenters. The number of carbonyl (C=O) groups is 1. The fourth-order valence-corrected chi connectivity index (χ4v) is 3.16. The number of hydrogen-bond donors (Lipinski definition) is 1. The van der Waals surface area contributed by atoms with Crippen LogP contribution in [-0.4, -0.2) is 18.0 Å². The lowest BCUT2D eigenvalue weighted by molar-refractivity contribution is 0.192. The monoisotopic (exact) mass is 302 g/mol. The largest absolute Gasteiger partial charge is 0.331 e. The quantitative estimate of drug-likeness (QED) is 0.885. The second-order valence-electron chi connectivity index (χ2n) is 5.33. The average Bonchev–Trinajstić information content (AvgIpc) is 3.00. The molecule has 0 saturated heterocycles. The van der Waals surface area contributed by atoms with E-state index >= 15 is 0 Å². The molecule has 0 aliphatic heterocycles. The van der Waals surface area contributed by atoms with Crippen molar-refractivity contribution < 1.29 is 4.79 Å². The van der Waals surface area contributed by atoms with E-state index in [-0.39, 0.29) is 18.1 Å². The van der Waals surface area contributed by atoms with Gasteiger partial charge in [-0.05, 0) is 43.3 Å². The SMILES string of the molecule is Cc1ccccc1C(C)NC(=O)N(C)C(C)c1cccs1. The first kappa shape index (κ1) is 15.6. The van der Waals surface area contributed by atoms with Crippen LogP contribution < -0.4 is 5.32 Å². The van der Waals surface area contributed by atoms with Crippen LogP contribution in [0.15, 0.2) is 41.8 Å². The summed E-state index contributed by atoms with van der Waals surface area (Å²) < 4.78 is 0. The third-order valence-corrected chi connectivity index (χ3v) is 4.89. The molecule has 2 rings (SSSR count). The summed E-state index contributed by atoms with van der Waals surface area (Å²) in [7, 11) is 1.84. The number of benzene rings is 1. The Hall–Kier alpha value is -1.81. The Kier molecular flexibility index (Phi) is 5.02. The van der Waals surface area contributed by atoms with E-state index in [1.165, 1.54) is 10.4 Å². The molecule has 0 fully saturated rings. The van der Waals surface area contributed by atoms with E-state index in [4.69, 9.17) is 0 Å². The standard InChI is InChI=1S/C17H22N2OS/c1-12-8-5-6-9-15(12)13(2)18-17(20)19(4)14(3)16-10-7-11-21-16/h5-11,13-14H,1-4H3,(H,18,20). The zero-order valence-corrected chi connectivity index (χ0v) is 13.8. The van der Waals surface area contributed by atoms with E-state index in [0.717, 1.165) is 5.56 Å². The number of nitrogens with zero attached hydrogens (tertiary/aromatic N) is 1. The van der Waals surface area contributed by atoms with E-state index in [2.05, 4.69) is 30.4 Å². The lowest BCUT2D eigenvalue weighted by atomic mass is 10.0. The minimum Gasteiger partial charge on any atom is -0.331 e. The smallest absolute Gasteiger partial charge is 0.318 e. The van der Waals surface area contributed by atoms with E-state index < -0.39 is 0 Å². The van der Waals surface area contributed by atoms with Gasteiger partial charge in [-0.1, -0.05) is 30.3 Å². The molecule has 4 heteroatoms. The molecule has 2 atom stereocenters. The predicted molar refractivity (Wildman–Crippen MR) is 88.6 cm³/mol. The molecular weight excluding hydrogens is 280 g/mol. The van der Waals surface area contributed by atoms with Gasteiger partial charge in [0.15, 0.2) is 0 Å². The number of nitrogens with one attached hydrogen (secondary N) is 1. The molecule has 3 nitrogen and oxygen atoms in total. The van der Waals surface area contributed by atoms with Crippen LogP contribution in [0.2, 0.25) is 0 Å². The summed E-state index contributed by atoms with van der Waals surface area (Å²) in [6, 6.07) is 12.2. The fourth-order valence-electron chi connectivity index (χ4n) is 2.33. The van der Waals surface area contributed by atoms with E-state index in [9.17, 15) is 4.79 Å². The highest BCUT2D eigenvalue weighted by molar-refractivity contribution is 7.10. The van der Waals surface area contributed by atoms with Crippen LogP contribution >= 0.6 is 11.3 Å². The Morgan fingerprint density at radius 1 is 1.19 bits per heavy atom. The number of carbonyl (C=O) groups excluding carboxylic acids is 1. The van der Waals surface area contributed by atoms with Crippen molar-refractivity contribution in [2.24, 2.45) is 0 Å². The van der Waals surface area contributed by atoms with Gasteiger partial charge in [-0.15, -0.1) is 11.3 Å². The van der Waals surface area contributed by atoms with Crippen LogP contribution in [-0.2, 0) is 0 Å². The van der Waals surface area contributed by atoms with Crippen LogP contribution in [0.1, 0.15) is 41.9 Å². The zero-order chi connectivity index (χ0) is 15.4. The molecule has 2 aromatic rings. The van der Waals surface area contributed by atoms with E-state index in [1.54, 1.807) is 16.2 Å². The third kappa shape index (κ3) is 3.64. The van der Waals surface area contributed by atoms with Gasteiger partial charge in [0.2, 0.25) is 0 Å². The number of hydrogen-bond acceptors (Lipinski definition) is 2. The van der Waals surface area contributed by atoms with Crippen molar-refractivity contribution in [2.75, 3.05) is 7.05 Å². The summed E-state index contributed by atoms with van der Waals surface area (Å²) in [5.41, 5.74) is 2.35. The maximum Gasteiger partial charge on any atom is 0.318 e. The molecule has 0 bridgehead atoms. The highest BCUT2D eigenvalue weighted by atomic mass is 32.1. The molecule has 0 aliphatic rings. The molecular formula is C17H22N2OS. The van der Waals surface area contributed by atoms with Gasteiger partial charge in [-0.3, -0.25) is 0 Å². The number of amides is 2. The molecule has 1 heterocycles. The molecule has 21 heavy (non-hydrogen) atoms. The van der Waals surface area contributed by atoms with Crippen molar-refractivity contribution in [1.29, 1.82) is 0 Å². The predicted octanol–water partition coefficient (Wildman–Crippen LogP) is 4.52. The maximum atomic E-state index is 12.4. The van der Waals surface area contributed by atoms with Crippen LogP contribution in [0.25, 0.3) is 0 Å². The summed E-state index contributed by atoms with van der Waals surface area (Å²) in [4.78, 5) is 15.3. The molecule has 112 valence electrons. The Morgan fingerprint density at radius 2 is 1.90 bits per heavy atom. The fraction of sp³-hybridized carbons (Fsp3) is 0.353. The normalized spacial score (nSPS) is 13.5. The van der Waals surface area contributed by atoms with Crippen LogP contribution in [0.4, 0.5) is 4.79 Å². The van der Waals surface area contributed by atoms with Crippen molar-refractivity contribution in [3.63, 3.8) is 0 Å². The topological polar surface area (TPSA) is 32.3 Å². The van der Waals surface area contributed by atoms with Gasteiger partial charge in [-0.25, -0.2) is 4.79 Å². The van der Waals surface area contributed by atoms with Crippen LogP contribution in [0.3, 0.4) is 0 Å². The highest BCUT2D eigenvalue weighted by Gasteiger charge is 2.20. The van der Waals surface area contributed by atoms with Gasteiger partial charge in [0, 0.05) is 11.9 Å². The zero-order valence-electron chi connectivity index (χ0n) is 13.0. The molecule has 1 N–H and O–H groups in total. The number of rotatable bonds is 4. The summed E-state index contributed by atoms with van der Waals surface area (Å²) in [6.45, 7) is 6.13. The first-order chi connectivity index (χ1) is 10.0. The Labute approximate surface area is 130 Å². The van der Waals surface area contributed by atoms with Gasteiger partial charge in [-0.2, -0.15) is 0 Å². The van der Waals surface area contributed by atoms with Crippen molar-refractivity contribution >= 4 is 17.4 Å². The van der Waals surface area contributed by atoms with Gasteiger partial charge in [0.1, 0.15) is 0 Å². The van der Waals surface area contributed by atoms with Crippen molar-refractivity contribution in [1.82, 2.24) is 10.2 Å². The van der Waals surface area contributed by atoms with Gasteiger partial charge < -0.3 is 10.2 Å². The molecule has 0 spiro atoms. The highest BCUT2D eigenvalue weighted by Crippen LogP contribution is 2.24. The number of aryl methyl sites for hydroxylation is 1. The minimum atomic E-state index is -0.0494. The van der Waals surface area contributed by atoms with E-state index in [0.29, 0.717) is 0 Å². The molecule has 2 amide bonds. The third-order valence-electron chi connectivity index (χ3n) is 3.85. The van der Waals surface area contributed by atoms with Gasteiger partial charge in [0.25, 0.3) is 0 Å². The van der Waals surface area contributed by atoms with Crippen molar-refractivity contribution in [3.8, 4) is 0 Å². The summed E-state index contributed by atoms with van der Waals surface area (Å²) in [6.07, 6.45) is 0. The molecule has 0 aliphatic carbocycles. The van der Waals surface area contributed by atoms with Crippen LogP contribution in [0, 0.1) is 6.92 Å². The minimum absolute atomic E-state index is 0.00307. The van der Waals surface area contributed by atoms with Gasteiger partial charge >= 0.3 is 6.03 Å². The average molecular weight is 302 g/mol. The maximum absolute atomic E-state index is 12.4. The first-order valence-electron chi connectivity index (χ1n) is 7.13. The second kappa shape index (κ2) is 6.76. The Balaban J connectivity index is 2.02. The molecule has 1 aromatic carbocycles. The molecule has 1 aromatic heterocycles. The lowest BCUT2D eigenvalue weighted by Crippen LogP contribution is -2.39. The van der Waals surface area contributed by atoms with Crippen molar-refractivity contribution in [2.45, 2.75) is 32.9 Å². The number of urea groups is 1. The summed E-state index contributed by atoms with van der Waals surface area (Å²) >= 11 is 1.67. The van der Waals surface area contributed by atoms with E-state index in [1.807, 2.05) is 44.5 Å². The first-order valence-corrected chi connectivity index (χ1v) is 8.01. The van der Waals surface area contributed by atoms with Crippen LogP contribution in [0.5, 0.6) is 0 Å². The summed E-state index contributed by atoms with van der Waals surface area (Å²) in [5, 5.41) is 5.11. The molecule has 0 radical (unpaired) electrons. The Morgan fingerprint density at radius 3 is 2.52 bits per heavy atom. The second-order valence-corrected chi connectivity index (χ2v) is 6.31. The number of thiophene rings is 1. The Bertz CT molecular complexity index is 595. The molecule has 0 saturated carbocycles. The van der Waals surface area contributed by atoms with Gasteiger partial charge in [0.05, 0.1) is 12.1 Å². The lowest BCUT2D eigenvalue weighted by Gasteiger charge is -2.27. The van der Waals surface area contributed by atoms with Crippen molar-refractivity contribution in [3.05, 3.63) is 57.8 Å².